The van der Waals surface area contributed by atoms with E-state index in [0.29, 0.717) is 19.6 Å². The maximum Gasteiger partial charge on any atom is 0.227 e. The Morgan fingerprint density at radius 2 is 2.05 bits per heavy atom. The lowest BCUT2D eigenvalue weighted by Crippen LogP contribution is -2.55. The van der Waals surface area contributed by atoms with Crippen LogP contribution in [0.1, 0.15) is 48.0 Å². The van der Waals surface area contributed by atoms with Gasteiger partial charge in [0.15, 0.2) is 0 Å². The Hall–Kier alpha value is -0.610. The predicted molar refractivity (Wildman–Crippen MR) is 77.8 cm³/mol. The molecule has 1 aliphatic rings. The average Bonchev–Trinajstić information content (AvgIpc) is 2.20. The Kier molecular flexibility index (Phi) is 5.02. The van der Waals surface area contributed by atoms with Crippen LogP contribution in [0.25, 0.3) is 0 Å². The highest BCUT2D eigenvalue weighted by Gasteiger charge is 2.36. The summed E-state index contributed by atoms with van der Waals surface area (Å²) in [5.74, 6) is 0.0988. The van der Waals surface area contributed by atoms with Crippen molar-refractivity contribution in [2.75, 3.05) is 19.6 Å². The SMILES string of the molecule is CC1CN(C(=O)C(CN)CC(C)(C)C)CC(C)(C)O1. The smallest absolute Gasteiger partial charge is 0.227 e. The van der Waals surface area contributed by atoms with E-state index in [9.17, 15) is 4.79 Å². The van der Waals surface area contributed by atoms with Crippen molar-refractivity contribution in [1.82, 2.24) is 4.90 Å². The molecule has 1 amide bonds. The fourth-order valence-corrected chi connectivity index (χ4v) is 2.89. The summed E-state index contributed by atoms with van der Waals surface area (Å²) in [6.07, 6.45) is 0.912. The van der Waals surface area contributed by atoms with Gasteiger partial charge in [-0.1, -0.05) is 20.8 Å². The highest BCUT2D eigenvalue weighted by molar-refractivity contribution is 5.79. The van der Waals surface area contributed by atoms with Crippen molar-refractivity contribution in [3.05, 3.63) is 0 Å². The third-order valence-electron chi connectivity index (χ3n) is 3.37. The minimum Gasteiger partial charge on any atom is -0.369 e. The third kappa shape index (κ3) is 5.11. The van der Waals surface area contributed by atoms with Crippen LogP contribution in [0.15, 0.2) is 0 Å². The summed E-state index contributed by atoms with van der Waals surface area (Å²) in [5, 5.41) is 0. The van der Waals surface area contributed by atoms with Crippen LogP contribution in [0.3, 0.4) is 0 Å². The molecule has 2 N–H and O–H groups in total. The van der Waals surface area contributed by atoms with Gasteiger partial charge in [-0.25, -0.2) is 0 Å². The number of nitrogens with two attached hydrogens (primary N) is 1. The van der Waals surface area contributed by atoms with Crippen LogP contribution in [0.5, 0.6) is 0 Å². The summed E-state index contributed by atoms with van der Waals surface area (Å²) < 4.78 is 5.84. The van der Waals surface area contributed by atoms with Crippen molar-refractivity contribution in [1.29, 1.82) is 0 Å². The van der Waals surface area contributed by atoms with E-state index >= 15 is 0 Å². The van der Waals surface area contributed by atoms with E-state index in [0.717, 1.165) is 6.42 Å². The molecule has 0 aromatic heterocycles. The van der Waals surface area contributed by atoms with Crippen LogP contribution in [-0.2, 0) is 9.53 Å². The van der Waals surface area contributed by atoms with E-state index in [1.165, 1.54) is 0 Å². The van der Waals surface area contributed by atoms with Crippen molar-refractivity contribution in [2.24, 2.45) is 17.1 Å². The number of ether oxygens (including phenoxy) is 1. The fourth-order valence-electron chi connectivity index (χ4n) is 2.89. The molecular weight excluding hydrogens is 240 g/mol. The van der Waals surface area contributed by atoms with Crippen molar-refractivity contribution >= 4 is 5.91 Å². The Bertz CT molecular complexity index is 321. The largest absolute Gasteiger partial charge is 0.369 e. The van der Waals surface area contributed by atoms with Crippen LogP contribution in [0.4, 0.5) is 0 Å². The van der Waals surface area contributed by atoms with Crippen LogP contribution < -0.4 is 5.73 Å². The predicted octanol–water partition coefficient (Wildman–Crippen LogP) is 2.02. The molecule has 0 bridgehead atoms. The highest BCUT2D eigenvalue weighted by Crippen LogP contribution is 2.27. The van der Waals surface area contributed by atoms with Gasteiger partial charge in [0.1, 0.15) is 0 Å². The molecule has 0 aliphatic carbocycles. The molecule has 1 fully saturated rings. The molecule has 1 rings (SSSR count). The molecule has 2 unspecified atom stereocenters. The van der Waals surface area contributed by atoms with Crippen molar-refractivity contribution in [3.63, 3.8) is 0 Å². The lowest BCUT2D eigenvalue weighted by atomic mass is 9.83. The number of carbonyl (C=O) groups excluding carboxylic acids is 1. The maximum atomic E-state index is 12.6. The third-order valence-corrected chi connectivity index (χ3v) is 3.37. The topological polar surface area (TPSA) is 55.6 Å². The molecule has 0 saturated carbocycles. The second kappa shape index (κ2) is 5.80. The number of hydrogen-bond acceptors (Lipinski definition) is 3. The van der Waals surface area contributed by atoms with E-state index in [1.807, 2.05) is 25.7 Å². The van der Waals surface area contributed by atoms with Gasteiger partial charge in [-0.3, -0.25) is 4.79 Å². The molecule has 0 aromatic rings. The monoisotopic (exact) mass is 270 g/mol. The first-order valence-corrected chi connectivity index (χ1v) is 7.21. The van der Waals surface area contributed by atoms with Gasteiger partial charge >= 0.3 is 0 Å². The molecule has 4 nitrogen and oxygen atoms in total. The van der Waals surface area contributed by atoms with E-state index in [-0.39, 0.29) is 28.9 Å². The number of hydrogen-bond donors (Lipinski definition) is 1. The van der Waals surface area contributed by atoms with Gasteiger partial charge in [0.05, 0.1) is 17.6 Å². The Labute approximate surface area is 117 Å². The van der Waals surface area contributed by atoms with Crippen LogP contribution in [0, 0.1) is 11.3 Å². The van der Waals surface area contributed by atoms with Crippen molar-refractivity contribution in [3.8, 4) is 0 Å². The van der Waals surface area contributed by atoms with E-state index in [1.54, 1.807) is 0 Å². The second-order valence-corrected chi connectivity index (χ2v) is 7.60. The lowest BCUT2D eigenvalue weighted by molar-refractivity contribution is -0.162. The quantitative estimate of drug-likeness (QED) is 0.853. The van der Waals surface area contributed by atoms with Gasteiger partial charge in [-0.2, -0.15) is 0 Å². The normalized spacial score (nSPS) is 25.2. The first-order chi connectivity index (χ1) is 8.54. The first-order valence-electron chi connectivity index (χ1n) is 7.21. The molecule has 19 heavy (non-hydrogen) atoms. The minimum absolute atomic E-state index is 0.0823. The highest BCUT2D eigenvalue weighted by atomic mass is 16.5. The van der Waals surface area contributed by atoms with Gasteiger partial charge in [0, 0.05) is 19.6 Å². The Morgan fingerprint density at radius 1 is 1.47 bits per heavy atom. The Morgan fingerprint density at radius 3 is 2.47 bits per heavy atom. The molecule has 1 aliphatic heterocycles. The summed E-state index contributed by atoms with van der Waals surface area (Å²) in [6, 6.07) is 0. The van der Waals surface area contributed by atoms with Gasteiger partial charge in [-0.05, 0) is 32.6 Å². The van der Waals surface area contributed by atoms with Crippen LogP contribution >= 0.6 is 0 Å². The van der Waals surface area contributed by atoms with Gasteiger partial charge < -0.3 is 15.4 Å². The summed E-state index contributed by atoms with van der Waals surface area (Å²) in [5.41, 5.74) is 5.66. The summed E-state index contributed by atoms with van der Waals surface area (Å²) >= 11 is 0. The second-order valence-electron chi connectivity index (χ2n) is 7.60. The molecule has 112 valence electrons. The van der Waals surface area contributed by atoms with Crippen LogP contribution in [-0.4, -0.2) is 42.1 Å². The van der Waals surface area contributed by atoms with Gasteiger partial charge in [-0.15, -0.1) is 0 Å². The molecular formula is C15H30N2O2. The van der Waals surface area contributed by atoms with Crippen LogP contribution in [0.2, 0.25) is 0 Å². The van der Waals surface area contributed by atoms with Crippen molar-refractivity contribution < 1.29 is 9.53 Å². The molecule has 1 heterocycles. The van der Waals surface area contributed by atoms with E-state index in [4.69, 9.17) is 10.5 Å². The molecule has 4 heteroatoms. The lowest BCUT2D eigenvalue weighted by Gasteiger charge is -2.43. The summed E-state index contributed by atoms with van der Waals surface area (Å²) in [7, 11) is 0. The average molecular weight is 270 g/mol. The standard InChI is InChI=1S/C15H30N2O2/c1-11-9-17(10-15(5,6)19-11)13(18)12(8-16)7-14(2,3)4/h11-12H,7-10,16H2,1-6H3. The summed E-state index contributed by atoms with van der Waals surface area (Å²) in [6.45, 7) is 14.3. The first kappa shape index (κ1) is 16.4. The molecule has 0 aromatic carbocycles. The molecule has 2 atom stereocenters. The zero-order valence-electron chi connectivity index (χ0n) is 13.3. The zero-order valence-corrected chi connectivity index (χ0v) is 13.3. The number of amides is 1. The summed E-state index contributed by atoms with van der Waals surface area (Å²) in [4.78, 5) is 14.6. The van der Waals surface area contributed by atoms with Crippen molar-refractivity contribution in [2.45, 2.75) is 59.7 Å². The van der Waals surface area contributed by atoms with E-state index < -0.39 is 0 Å². The number of carbonyl (C=O) groups is 1. The molecule has 0 spiro atoms. The number of morpholine rings is 1. The van der Waals surface area contributed by atoms with Gasteiger partial charge in [0.25, 0.3) is 0 Å². The fraction of sp³-hybridized carbons (Fsp3) is 0.933. The van der Waals surface area contributed by atoms with E-state index in [2.05, 4.69) is 20.8 Å². The maximum absolute atomic E-state index is 12.6. The molecule has 0 radical (unpaired) electrons. The van der Waals surface area contributed by atoms with Gasteiger partial charge in [0.2, 0.25) is 5.91 Å². The zero-order chi connectivity index (χ0) is 14.8. The number of nitrogens with zero attached hydrogens (tertiary/aromatic N) is 1. The number of rotatable bonds is 3. The minimum atomic E-state index is -0.270. The molecule has 1 saturated heterocycles. The Balaban J connectivity index is 2.74.